The number of halogens is 1. The van der Waals surface area contributed by atoms with Crippen LogP contribution in [0.5, 0.6) is 0 Å². The zero-order valence-corrected chi connectivity index (χ0v) is 11.0. The van der Waals surface area contributed by atoms with Crippen LogP contribution in [0.4, 0.5) is 5.69 Å². The van der Waals surface area contributed by atoms with Crippen molar-refractivity contribution in [2.24, 2.45) is 5.92 Å². The van der Waals surface area contributed by atoms with Gasteiger partial charge in [0.1, 0.15) is 0 Å². The standard InChI is InChI=1S/C13H12ClNO4/c1-7-4-11(16)15(12(17)5-7)10-6-8(13(18)19)2-3-9(10)14/h2-3,6-7H,4-5H2,1H3,(H,18,19). The van der Waals surface area contributed by atoms with Crippen LogP contribution in [0.15, 0.2) is 18.2 Å². The van der Waals surface area contributed by atoms with Gasteiger partial charge >= 0.3 is 5.97 Å². The van der Waals surface area contributed by atoms with E-state index in [0.717, 1.165) is 4.90 Å². The second-order valence-corrected chi connectivity index (χ2v) is 5.01. The number of anilines is 1. The van der Waals surface area contributed by atoms with Gasteiger partial charge in [-0.05, 0) is 24.1 Å². The molecule has 1 aromatic rings. The monoisotopic (exact) mass is 281 g/mol. The van der Waals surface area contributed by atoms with Gasteiger partial charge in [-0.15, -0.1) is 0 Å². The second kappa shape index (κ2) is 5.01. The second-order valence-electron chi connectivity index (χ2n) is 4.61. The van der Waals surface area contributed by atoms with Crippen LogP contribution in [-0.2, 0) is 9.59 Å². The van der Waals surface area contributed by atoms with Gasteiger partial charge in [-0.1, -0.05) is 18.5 Å². The normalized spacial score (nSPS) is 16.8. The van der Waals surface area contributed by atoms with E-state index in [0.29, 0.717) is 0 Å². The number of hydrogen-bond acceptors (Lipinski definition) is 3. The van der Waals surface area contributed by atoms with Crippen molar-refractivity contribution in [1.82, 2.24) is 0 Å². The molecule has 0 aromatic heterocycles. The number of benzene rings is 1. The summed E-state index contributed by atoms with van der Waals surface area (Å²) in [6.07, 6.45) is 0.499. The number of imide groups is 1. The van der Waals surface area contributed by atoms with Crippen molar-refractivity contribution < 1.29 is 19.5 Å². The Labute approximate surface area is 114 Å². The van der Waals surface area contributed by atoms with Gasteiger partial charge in [-0.2, -0.15) is 0 Å². The number of aromatic carboxylic acids is 1. The lowest BCUT2D eigenvalue weighted by Gasteiger charge is -2.29. The summed E-state index contributed by atoms with van der Waals surface area (Å²) in [6, 6.07) is 3.95. The third kappa shape index (κ3) is 2.61. The predicted molar refractivity (Wildman–Crippen MR) is 69.3 cm³/mol. The Balaban J connectivity index is 2.45. The van der Waals surface area contributed by atoms with Crippen molar-refractivity contribution in [2.45, 2.75) is 19.8 Å². The minimum Gasteiger partial charge on any atom is -0.478 e. The summed E-state index contributed by atoms with van der Waals surface area (Å²) < 4.78 is 0. The summed E-state index contributed by atoms with van der Waals surface area (Å²) in [5.41, 5.74) is 0.127. The highest BCUT2D eigenvalue weighted by molar-refractivity contribution is 6.35. The number of nitrogens with zero attached hydrogens (tertiary/aromatic N) is 1. The van der Waals surface area contributed by atoms with Crippen molar-refractivity contribution in [3.8, 4) is 0 Å². The Hall–Kier alpha value is -1.88. The van der Waals surface area contributed by atoms with Crippen molar-refractivity contribution >= 4 is 35.1 Å². The van der Waals surface area contributed by atoms with Gasteiger partial charge < -0.3 is 5.11 Å². The fourth-order valence-electron chi connectivity index (χ4n) is 2.08. The van der Waals surface area contributed by atoms with Crippen molar-refractivity contribution in [3.63, 3.8) is 0 Å². The Morgan fingerprint density at radius 1 is 1.32 bits per heavy atom. The molecule has 1 heterocycles. The SMILES string of the molecule is CC1CC(=O)N(c2cc(C(=O)O)ccc2Cl)C(=O)C1. The van der Waals surface area contributed by atoms with E-state index in [1.54, 1.807) is 0 Å². The van der Waals surface area contributed by atoms with E-state index in [-0.39, 0.29) is 46.8 Å². The van der Waals surface area contributed by atoms with Gasteiger partial charge in [0, 0.05) is 12.8 Å². The molecule has 2 rings (SSSR count). The Morgan fingerprint density at radius 2 is 1.89 bits per heavy atom. The molecule has 6 heteroatoms. The number of amides is 2. The molecule has 19 heavy (non-hydrogen) atoms. The third-order valence-corrected chi connectivity index (χ3v) is 3.30. The average Bonchev–Trinajstić information content (AvgIpc) is 2.29. The van der Waals surface area contributed by atoms with Gasteiger partial charge in [0.05, 0.1) is 16.3 Å². The maximum Gasteiger partial charge on any atom is 0.335 e. The summed E-state index contributed by atoms with van der Waals surface area (Å²) in [5.74, 6) is -1.85. The molecule has 0 unspecified atom stereocenters. The van der Waals surface area contributed by atoms with E-state index < -0.39 is 5.97 Å². The number of hydrogen-bond donors (Lipinski definition) is 1. The Bertz CT molecular complexity index is 552. The molecule has 0 aliphatic carbocycles. The van der Waals surface area contributed by atoms with Gasteiger partial charge in [-0.25, -0.2) is 9.69 Å². The van der Waals surface area contributed by atoms with E-state index in [1.165, 1.54) is 18.2 Å². The fraction of sp³-hybridized carbons (Fsp3) is 0.308. The number of piperidine rings is 1. The molecule has 1 saturated heterocycles. The highest BCUT2D eigenvalue weighted by atomic mass is 35.5. The number of carboxylic acids is 1. The number of rotatable bonds is 2. The lowest BCUT2D eigenvalue weighted by Crippen LogP contribution is -2.43. The first-order chi connectivity index (χ1) is 8.90. The van der Waals surface area contributed by atoms with Gasteiger partial charge in [0.25, 0.3) is 0 Å². The van der Waals surface area contributed by atoms with Crippen LogP contribution in [0, 0.1) is 5.92 Å². The minimum atomic E-state index is -1.14. The van der Waals surface area contributed by atoms with Gasteiger partial charge in [0.2, 0.25) is 11.8 Å². The zero-order valence-electron chi connectivity index (χ0n) is 10.2. The quantitative estimate of drug-likeness (QED) is 0.844. The van der Waals surface area contributed by atoms with Crippen molar-refractivity contribution in [1.29, 1.82) is 0 Å². The van der Waals surface area contributed by atoms with Gasteiger partial charge in [0.15, 0.2) is 0 Å². The van der Waals surface area contributed by atoms with E-state index in [4.69, 9.17) is 16.7 Å². The molecule has 1 N–H and O–H groups in total. The van der Waals surface area contributed by atoms with Crippen LogP contribution in [0.3, 0.4) is 0 Å². The summed E-state index contributed by atoms with van der Waals surface area (Å²) in [7, 11) is 0. The average molecular weight is 282 g/mol. The first kappa shape index (κ1) is 13.5. The third-order valence-electron chi connectivity index (χ3n) is 2.98. The van der Waals surface area contributed by atoms with Crippen LogP contribution in [0.2, 0.25) is 5.02 Å². The van der Waals surface area contributed by atoms with Crippen molar-refractivity contribution in [3.05, 3.63) is 28.8 Å². The summed E-state index contributed by atoms with van der Waals surface area (Å²) >= 11 is 5.96. The molecule has 1 aromatic carbocycles. The molecule has 5 nitrogen and oxygen atoms in total. The minimum absolute atomic E-state index is 0.00215. The van der Waals surface area contributed by atoms with Crippen LogP contribution >= 0.6 is 11.6 Å². The van der Waals surface area contributed by atoms with E-state index >= 15 is 0 Å². The Morgan fingerprint density at radius 3 is 2.42 bits per heavy atom. The first-order valence-corrected chi connectivity index (χ1v) is 6.16. The summed E-state index contributed by atoms with van der Waals surface area (Å²) in [5, 5.41) is 9.12. The molecule has 1 aliphatic rings. The molecule has 2 amide bonds. The van der Waals surface area contributed by atoms with Gasteiger partial charge in [-0.3, -0.25) is 9.59 Å². The molecule has 1 fully saturated rings. The first-order valence-electron chi connectivity index (χ1n) is 5.78. The number of carbonyl (C=O) groups is 3. The largest absolute Gasteiger partial charge is 0.478 e. The molecule has 0 atom stereocenters. The highest BCUT2D eigenvalue weighted by Gasteiger charge is 2.32. The molecule has 0 saturated carbocycles. The van der Waals surface area contributed by atoms with Crippen LogP contribution in [0.25, 0.3) is 0 Å². The zero-order chi connectivity index (χ0) is 14.2. The van der Waals surface area contributed by atoms with E-state index in [1.807, 2.05) is 6.92 Å². The molecule has 0 spiro atoms. The van der Waals surface area contributed by atoms with E-state index in [2.05, 4.69) is 0 Å². The molecule has 0 radical (unpaired) electrons. The van der Waals surface area contributed by atoms with Crippen LogP contribution in [-0.4, -0.2) is 22.9 Å². The van der Waals surface area contributed by atoms with Crippen LogP contribution in [0.1, 0.15) is 30.1 Å². The lowest BCUT2D eigenvalue weighted by molar-refractivity contribution is -0.130. The van der Waals surface area contributed by atoms with E-state index in [9.17, 15) is 14.4 Å². The molecule has 100 valence electrons. The topological polar surface area (TPSA) is 74.7 Å². The van der Waals surface area contributed by atoms with Crippen molar-refractivity contribution in [2.75, 3.05) is 4.90 Å². The highest BCUT2D eigenvalue weighted by Crippen LogP contribution is 2.31. The summed E-state index contributed by atoms with van der Waals surface area (Å²) in [4.78, 5) is 35.8. The number of carbonyl (C=O) groups excluding carboxylic acids is 2. The number of carboxylic acid groups (broad SMARTS) is 1. The lowest BCUT2D eigenvalue weighted by atomic mass is 9.97. The molecular weight excluding hydrogens is 270 g/mol. The maximum absolute atomic E-state index is 11.9. The molecule has 1 aliphatic heterocycles. The summed E-state index contributed by atoms with van der Waals surface area (Å²) in [6.45, 7) is 1.82. The Kier molecular flexibility index (Phi) is 3.57. The maximum atomic E-state index is 11.9. The van der Waals surface area contributed by atoms with Crippen LogP contribution < -0.4 is 4.90 Å². The fourth-order valence-corrected chi connectivity index (χ4v) is 2.28. The molecule has 0 bridgehead atoms. The smallest absolute Gasteiger partial charge is 0.335 e. The molecular formula is C13H12ClNO4. The predicted octanol–water partition coefficient (Wildman–Crippen LogP) is 2.33.